The third-order valence-corrected chi connectivity index (χ3v) is 4.16. The summed E-state index contributed by atoms with van der Waals surface area (Å²) < 4.78 is 10.8. The fourth-order valence-electron chi connectivity index (χ4n) is 2.19. The van der Waals surface area contributed by atoms with Gasteiger partial charge in [0.1, 0.15) is 6.79 Å². The van der Waals surface area contributed by atoms with Gasteiger partial charge in [0.15, 0.2) is 0 Å². The van der Waals surface area contributed by atoms with E-state index in [-0.39, 0.29) is 18.9 Å². The van der Waals surface area contributed by atoms with Crippen molar-refractivity contribution in [2.45, 2.75) is 25.2 Å². The van der Waals surface area contributed by atoms with Gasteiger partial charge in [0.25, 0.3) is 0 Å². The van der Waals surface area contributed by atoms with Gasteiger partial charge in [-0.25, -0.2) is 0 Å². The van der Waals surface area contributed by atoms with Gasteiger partial charge in [-0.2, -0.15) is 0 Å². The predicted molar refractivity (Wildman–Crippen MR) is 74.2 cm³/mol. The van der Waals surface area contributed by atoms with Crippen molar-refractivity contribution in [3.8, 4) is 0 Å². The molecule has 1 aliphatic rings. The van der Waals surface area contributed by atoms with E-state index in [1.54, 1.807) is 6.33 Å². The number of nitrogens with one attached hydrogen (secondary N) is 1. The first kappa shape index (κ1) is 16.5. The largest absolute Gasteiger partial charge is 0.371 e. The number of nitrogens with zero attached hydrogens (tertiary/aromatic N) is 4. The van der Waals surface area contributed by atoms with E-state index in [1.165, 1.54) is 6.33 Å². The Labute approximate surface area is 137 Å². The topological polar surface area (TPSA) is 126 Å². The fraction of sp³-hybridized carbons (Fsp3) is 0.545. The summed E-state index contributed by atoms with van der Waals surface area (Å²) in [6.07, 6.45) is 4.82. The van der Waals surface area contributed by atoms with Crippen LogP contribution in [0.2, 0.25) is 0 Å². The van der Waals surface area contributed by atoms with Crippen molar-refractivity contribution in [1.29, 1.82) is 0 Å². The van der Waals surface area contributed by atoms with E-state index in [0.717, 1.165) is 29.8 Å². The molecule has 0 amide bonds. The molecule has 4 N–H and O–H groups in total. The van der Waals surface area contributed by atoms with Crippen LogP contribution in [0.25, 0.3) is 11.2 Å². The van der Waals surface area contributed by atoms with Crippen molar-refractivity contribution < 1.29 is 20.1 Å². The molecule has 0 aliphatic carbocycles. The van der Waals surface area contributed by atoms with Gasteiger partial charge in [-0.3, -0.25) is 0 Å². The number of ether oxygens (including phenoxy) is 1. The van der Waals surface area contributed by atoms with Crippen LogP contribution in [0.1, 0.15) is 19.1 Å². The molecule has 0 radical (unpaired) electrons. The van der Waals surface area contributed by atoms with E-state index in [4.69, 9.17) is 20.1 Å². The Morgan fingerprint density at radius 2 is 2.05 bits per heavy atom. The Bertz CT molecular complexity index is 581. The van der Waals surface area contributed by atoms with Crippen LogP contribution in [0.15, 0.2) is 12.7 Å². The van der Waals surface area contributed by atoms with Gasteiger partial charge in [-0.05, 0) is 0 Å². The maximum Gasteiger partial charge on any atom is 0.140 e. The molecule has 0 saturated carbocycles. The van der Waals surface area contributed by atoms with E-state index < -0.39 is 6.79 Å². The molecule has 3 heterocycles. The van der Waals surface area contributed by atoms with Crippen molar-refractivity contribution in [3.63, 3.8) is 0 Å². The third kappa shape index (κ3) is 3.66. The van der Waals surface area contributed by atoms with Gasteiger partial charge < -0.3 is 10.2 Å². The Morgan fingerprint density at radius 3 is 2.67 bits per heavy atom. The Hall–Kier alpha value is -0.888. The van der Waals surface area contributed by atoms with Crippen LogP contribution in [-0.4, -0.2) is 80.4 Å². The van der Waals surface area contributed by atoms with Crippen molar-refractivity contribution in [3.05, 3.63) is 12.7 Å². The maximum atomic E-state index is 9.10. The van der Waals surface area contributed by atoms with Gasteiger partial charge in [-0.15, -0.1) is 0 Å². The Balaban J connectivity index is 0.000000497. The molecule has 0 bridgehead atoms. The second kappa shape index (κ2) is 7.93. The average Bonchev–Trinajstić information content (AvgIpc) is 3.13. The molecule has 9 nitrogen and oxygen atoms in total. The van der Waals surface area contributed by atoms with Gasteiger partial charge in [-0.1, -0.05) is 0 Å². The molecule has 1 saturated heterocycles. The Morgan fingerprint density at radius 1 is 1.29 bits per heavy atom. The fourth-order valence-corrected chi connectivity index (χ4v) is 3.02. The standard InChI is InChI=1S/C10H12N5O2.CH4O2.Tl/c11-9-8-10(13-4-12-9)15(5-14-8)7-2-1-6(3-16)17-7;2-1-3;/h4-7,16H,1-3H2,(H-,11,12,13);2-3H,1H2;/q-1;;+1. The summed E-state index contributed by atoms with van der Waals surface area (Å²) in [4.78, 5) is 12.8. The van der Waals surface area contributed by atoms with Crippen molar-refractivity contribution in [1.82, 2.24) is 19.5 Å². The first-order chi connectivity index (χ1) is 10.2. The summed E-state index contributed by atoms with van der Waals surface area (Å²) in [7, 11) is 0. The van der Waals surface area contributed by atoms with E-state index in [2.05, 4.69) is 18.1 Å². The predicted octanol–water partition coefficient (Wildman–Crippen LogP) is -1.08. The molecule has 0 spiro atoms. The number of aromatic nitrogens is 4. The van der Waals surface area contributed by atoms with Gasteiger partial charge in [0, 0.05) is 0 Å². The van der Waals surface area contributed by atoms with E-state index in [0.29, 0.717) is 26.1 Å². The monoisotopic (exact) mass is 487 g/mol. The maximum absolute atomic E-state index is 9.10. The van der Waals surface area contributed by atoms with Crippen molar-refractivity contribution in [2.75, 3.05) is 16.5 Å². The molecule has 3 rings (SSSR count). The first-order valence-corrected chi connectivity index (χ1v) is 8.61. The van der Waals surface area contributed by atoms with Gasteiger partial charge in [0.2, 0.25) is 0 Å². The summed E-state index contributed by atoms with van der Waals surface area (Å²) >= 11 is 0.611. The summed E-state index contributed by atoms with van der Waals surface area (Å²) in [6, 6.07) is 0. The number of fused-ring (bicyclic) bond motifs is 1. The van der Waals surface area contributed by atoms with Crippen LogP contribution in [0.5, 0.6) is 0 Å². The number of hydrogen-bond donors (Lipinski definition) is 4. The summed E-state index contributed by atoms with van der Waals surface area (Å²) in [6.45, 7) is -0.688. The van der Waals surface area contributed by atoms with Crippen LogP contribution in [-0.2, 0) is 4.74 Å². The minimum Gasteiger partial charge on any atom is -0.371 e. The minimum atomic E-state index is -0.750. The zero-order valence-corrected chi connectivity index (χ0v) is 15.7. The van der Waals surface area contributed by atoms with Crippen LogP contribution in [0.4, 0.5) is 5.82 Å². The molecular weight excluding hydrogens is 471 g/mol. The normalized spacial score (nSPS) is 21.0. The zero-order chi connectivity index (χ0) is 15.2. The number of rotatable bonds is 3. The first-order valence-electron chi connectivity index (χ1n) is 6.37. The molecular formula is C11H16N5O4Tl. The molecule has 2 atom stereocenters. The number of aliphatic hydroxyl groups excluding tert-OH is 2. The molecule has 1 fully saturated rings. The number of imidazole rings is 1. The molecule has 1 aliphatic heterocycles. The SMILES string of the molecule is OCC1CCC(n2cnc3c([NH][Tl])ncnc32)O1.OCO. The van der Waals surface area contributed by atoms with Crippen LogP contribution in [0.3, 0.4) is 0 Å². The van der Waals surface area contributed by atoms with Crippen molar-refractivity contribution in [2.24, 2.45) is 0 Å². The van der Waals surface area contributed by atoms with Crippen LogP contribution < -0.4 is 3.13 Å². The number of anilines is 1. The summed E-state index contributed by atoms with van der Waals surface area (Å²) in [5, 5.41) is 23.3. The number of aliphatic hydroxyl groups is 3. The number of hydrogen-bond acceptors (Lipinski definition) is 8. The van der Waals surface area contributed by atoms with Gasteiger partial charge >= 0.3 is 120 Å². The third-order valence-electron chi connectivity index (χ3n) is 3.09. The Kier molecular flexibility index (Phi) is 6.23. The van der Waals surface area contributed by atoms with Crippen molar-refractivity contribution >= 4 is 43.0 Å². The quantitative estimate of drug-likeness (QED) is 0.319. The molecule has 2 aromatic rings. The minimum absolute atomic E-state index is 0.0621. The molecule has 2 aromatic heterocycles. The van der Waals surface area contributed by atoms with Crippen LogP contribution in [0, 0.1) is 0 Å². The molecule has 21 heavy (non-hydrogen) atoms. The summed E-state index contributed by atoms with van der Waals surface area (Å²) in [5.74, 6) is 0.778. The second-order valence-electron chi connectivity index (χ2n) is 4.30. The van der Waals surface area contributed by atoms with Gasteiger partial charge in [0.05, 0.1) is 0 Å². The van der Waals surface area contributed by atoms with E-state index in [9.17, 15) is 0 Å². The van der Waals surface area contributed by atoms with E-state index >= 15 is 0 Å². The zero-order valence-electron chi connectivity index (χ0n) is 11.3. The molecule has 112 valence electrons. The average molecular weight is 487 g/mol. The van der Waals surface area contributed by atoms with Crippen LogP contribution >= 0.6 is 0 Å². The molecule has 0 aromatic carbocycles. The molecule has 2 unspecified atom stereocenters. The smallest absolute Gasteiger partial charge is 0.140 e. The molecule has 10 heteroatoms. The summed E-state index contributed by atoms with van der Waals surface area (Å²) in [5.41, 5.74) is 1.55. The second-order valence-corrected chi connectivity index (χ2v) is 5.43. The van der Waals surface area contributed by atoms with E-state index in [1.807, 2.05) is 4.57 Å².